The average molecular weight is 558 g/mol. The van der Waals surface area contributed by atoms with Gasteiger partial charge in [-0.15, -0.1) is 0 Å². The number of nitrogens with zero attached hydrogens (tertiary/aromatic N) is 1. The number of carboxylic acid groups (broad SMARTS) is 1. The van der Waals surface area contributed by atoms with Crippen molar-refractivity contribution in [2.75, 3.05) is 25.0 Å². The van der Waals surface area contributed by atoms with E-state index in [0.717, 1.165) is 40.4 Å². The number of nitrogens with one attached hydrogen (secondary N) is 2. The van der Waals surface area contributed by atoms with Gasteiger partial charge in [0.1, 0.15) is 11.5 Å². The summed E-state index contributed by atoms with van der Waals surface area (Å²) in [7, 11) is 0. The standard InChI is InChI=1S/C34H43N3O4/c1-9-35-27-16-29-25(13-20(27)5)31(26-14-21(6)28(36-10-2)17-30(26)41-29)23-12-11-22(15-24(23)33(39)40)32(38)37-18-34(7,8)19(3)4/h11-17,19,25,31,36H,9-10,18H2,1-8H3,(H,37,38)(H,39,40)/b35-27-. The molecule has 2 aromatic rings. The van der Waals surface area contributed by atoms with Crippen LogP contribution in [0.4, 0.5) is 5.69 Å². The molecular weight excluding hydrogens is 514 g/mol. The highest BCUT2D eigenvalue weighted by Gasteiger charge is 2.39. The molecular formula is C34H43N3O4. The second-order valence-corrected chi connectivity index (χ2v) is 12.0. The maximum absolute atomic E-state index is 13.1. The maximum Gasteiger partial charge on any atom is 0.336 e. The number of aliphatic imine (C=N–C) groups is 1. The zero-order valence-electron chi connectivity index (χ0n) is 25.5. The van der Waals surface area contributed by atoms with Crippen molar-refractivity contribution in [1.82, 2.24) is 5.32 Å². The van der Waals surface area contributed by atoms with Gasteiger partial charge >= 0.3 is 5.97 Å². The van der Waals surface area contributed by atoms with Gasteiger partial charge in [0, 0.05) is 60.4 Å². The largest absolute Gasteiger partial charge is 0.478 e. The molecule has 7 nitrogen and oxygen atoms in total. The fourth-order valence-corrected chi connectivity index (χ4v) is 5.35. The highest BCUT2D eigenvalue weighted by Crippen LogP contribution is 2.50. The number of anilines is 1. The Bertz CT molecular complexity index is 1450. The number of hydrogen-bond acceptors (Lipinski definition) is 5. The first-order valence-corrected chi connectivity index (χ1v) is 14.5. The van der Waals surface area contributed by atoms with Crippen LogP contribution in [0.25, 0.3) is 0 Å². The van der Waals surface area contributed by atoms with E-state index >= 15 is 0 Å². The van der Waals surface area contributed by atoms with Gasteiger partial charge in [-0.05, 0) is 73.9 Å². The van der Waals surface area contributed by atoms with E-state index in [9.17, 15) is 14.7 Å². The number of carbonyl (C=O) groups is 2. The number of aryl methyl sites for hydroxylation is 1. The van der Waals surface area contributed by atoms with E-state index in [4.69, 9.17) is 4.74 Å². The van der Waals surface area contributed by atoms with Crippen LogP contribution >= 0.6 is 0 Å². The van der Waals surface area contributed by atoms with E-state index in [2.05, 4.69) is 55.5 Å². The van der Waals surface area contributed by atoms with Gasteiger partial charge < -0.3 is 20.5 Å². The Kier molecular flexibility index (Phi) is 8.76. The zero-order chi connectivity index (χ0) is 30.1. The molecule has 0 radical (unpaired) electrons. The van der Waals surface area contributed by atoms with Crippen molar-refractivity contribution < 1.29 is 19.4 Å². The van der Waals surface area contributed by atoms with Crippen LogP contribution in [0.15, 0.2) is 58.8 Å². The summed E-state index contributed by atoms with van der Waals surface area (Å²) in [5, 5.41) is 16.8. The number of fused-ring (bicyclic) bond motifs is 2. The van der Waals surface area contributed by atoms with Crippen molar-refractivity contribution in [1.29, 1.82) is 0 Å². The van der Waals surface area contributed by atoms with Crippen LogP contribution in [0, 0.1) is 24.2 Å². The smallest absolute Gasteiger partial charge is 0.336 e. The second kappa shape index (κ2) is 11.9. The Morgan fingerprint density at radius 1 is 1.10 bits per heavy atom. The van der Waals surface area contributed by atoms with Gasteiger partial charge in [-0.25, -0.2) is 4.79 Å². The minimum atomic E-state index is -1.07. The van der Waals surface area contributed by atoms with Crippen molar-refractivity contribution in [3.05, 3.63) is 81.6 Å². The number of carboxylic acids is 1. The summed E-state index contributed by atoms with van der Waals surface area (Å²) in [6.45, 7) is 18.5. The molecule has 0 spiro atoms. The first-order valence-electron chi connectivity index (χ1n) is 14.5. The third-order valence-electron chi connectivity index (χ3n) is 8.56. The predicted octanol–water partition coefficient (Wildman–Crippen LogP) is 6.98. The number of allylic oxidation sites excluding steroid dienone is 3. The molecule has 1 amide bonds. The number of benzene rings is 2. The average Bonchev–Trinajstić information content (AvgIpc) is 2.92. The highest BCUT2D eigenvalue weighted by molar-refractivity contribution is 6.09. The third-order valence-corrected chi connectivity index (χ3v) is 8.56. The monoisotopic (exact) mass is 557 g/mol. The molecule has 0 saturated heterocycles. The molecule has 0 aromatic heterocycles. The molecule has 3 N–H and O–H groups in total. The van der Waals surface area contributed by atoms with E-state index in [0.29, 0.717) is 35.9 Å². The van der Waals surface area contributed by atoms with E-state index < -0.39 is 5.97 Å². The SMILES string of the molecule is CC/N=C1/C=C2Oc3cc(NCC)c(C)cc3C(c3ccc(C(=O)NCC(C)(C)C(C)C)cc3C(=O)O)C2C=C1C. The Labute approximate surface area is 243 Å². The van der Waals surface area contributed by atoms with Crippen molar-refractivity contribution in [3.8, 4) is 5.75 Å². The summed E-state index contributed by atoms with van der Waals surface area (Å²) in [6.07, 6.45) is 4.11. The minimum Gasteiger partial charge on any atom is -0.478 e. The lowest BCUT2D eigenvalue weighted by Crippen LogP contribution is -2.37. The summed E-state index contributed by atoms with van der Waals surface area (Å²) < 4.78 is 6.48. The molecule has 0 fully saturated rings. The van der Waals surface area contributed by atoms with Gasteiger partial charge in [0.05, 0.1) is 11.3 Å². The summed E-state index contributed by atoms with van der Waals surface area (Å²) >= 11 is 0. The molecule has 2 aromatic carbocycles. The van der Waals surface area contributed by atoms with Crippen molar-refractivity contribution in [3.63, 3.8) is 0 Å². The summed E-state index contributed by atoms with van der Waals surface area (Å²) in [4.78, 5) is 30.5. The molecule has 2 unspecified atom stereocenters. The second-order valence-electron chi connectivity index (χ2n) is 12.0. The fourth-order valence-electron chi connectivity index (χ4n) is 5.35. The molecule has 1 aliphatic carbocycles. The zero-order valence-corrected chi connectivity index (χ0v) is 25.5. The molecule has 41 heavy (non-hydrogen) atoms. The lowest BCUT2D eigenvalue weighted by atomic mass is 9.73. The van der Waals surface area contributed by atoms with Crippen molar-refractivity contribution >= 4 is 23.3 Å². The molecule has 2 aliphatic rings. The van der Waals surface area contributed by atoms with E-state index in [-0.39, 0.29) is 28.7 Å². The summed E-state index contributed by atoms with van der Waals surface area (Å²) in [6, 6.07) is 9.14. The van der Waals surface area contributed by atoms with Crippen LogP contribution in [0.3, 0.4) is 0 Å². The van der Waals surface area contributed by atoms with Gasteiger partial charge in [-0.2, -0.15) is 0 Å². The van der Waals surface area contributed by atoms with Crippen LogP contribution in [-0.4, -0.2) is 42.3 Å². The van der Waals surface area contributed by atoms with Gasteiger partial charge in [0.25, 0.3) is 5.91 Å². The van der Waals surface area contributed by atoms with Crippen molar-refractivity contribution in [2.45, 2.75) is 61.3 Å². The number of hydrogen-bond donors (Lipinski definition) is 3. The first kappa shape index (κ1) is 30.1. The van der Waals surface area contributed by atoms with E-state index in [1.807, 2.05) is 39.8 Å². The minimum absolute atomic E-state index is 0.0891. The van der Waals surface area contributed by atoms with Gasteiger partial charge in [0.15, 0.2) is 0 Å². The Balaban J connectivity index is 1.84. The Hall–Kier alpha value is -3.87. The lowest BCUT2D eigenvalue weighted by Gasteiger charge is -2.37. The van der Waals surface area contributed by atoms with Crippen LogP contribution in [0.1, 0.15) is 91.8 Å². The highest BCUT2D eigenvalue weighted by atomic mass is 16.5. The predicted molar refractivity (Wildman–Crippen MR) is 165 cm³/mol. The normalized spacial score (nSPS) is 19.1. The van der Waals surface area contributed by atoms with Crippen molar-refractivity contribution in [2.24, 2.45) is 22.2 Å². The third kappa shape index (κ3) is 6.09. The maximum atomic E-state index is 13.1. The molecule has 0 bridgehead atoms. The topological polar surface area (TPSA) is 100 Å². The number of aromatic carboxylic acids is 1. The van der Waals surface area contributed by atoms with E-state index in [1.54, 1.807) is 12.1 Å². The van der Waals surface area contributed by atoms with Gasteiger partial charge in [0.2, 0.25) is 0 Å². The lowest BCUT2D eigenvalue weighted by molar-refractivity contribution is 0.0694. The van der Waals surface area contributed by atoms with E-state index in [1.165, 1.54) is 6.07 Å². The van der Waals surface area contributed by atoms with Gasteiger partial charge in [-0.1, -0.05) is 39.8 Å². The molecule has 2 atom stereocenters. The Morgan fingerprint density at radius 2 is 1.83 bits per heavy atom. The first-order chi connectivity index (χ1) is 19.4. The number of carbonyl (C=O) groups excluding carboxylic acids is 1. The molecule has 4 rings (SSSR count). The Morgan fingerprint density at radius 3 is 2.46 bits per heavy atom. The number of rotatable bonds is 9. The van der Waals surface area contributed by atoms with Gasteiger partial charge in [-0.3, -0.25) is 9.79 Å². The summed E-state index contributed by atoms with van der Waals surface area (Å²) in [5.41, 5.74) is 5.85. The molecule has 7 heteroatoms. The quantitative estimate of drug-likeness (QED) is 0.309. The summed E-state index contributed by atoms with van der Waals surface area (Å²) in [5.74, 6) is -0.0744. The number of ether oxygens (including phenoxy) is 1. The van der Waals surface area contributed by atoms with Crippen LogP contribution in [0.2, 0.25) is 0 Å². The molecule has 1 aliphatic heterocycles. The van der Waals surface area contributed by atoms with Crippen LogP contribution < -0.4 is 15.4 Å². The molecule has 1 heterocycles. The molecule has 0 saturated carbocycles. The fraction of sp³-hybridized carbons (Fsp3) is 0.441. The van der Waals surface area contributed by atoms with Crippen LogP contribution in [0.5, 0.6) is 5.75 Å². The molecule has 218 valence electrons. The number of amides is 1. The van der Waals surface area contributed by atoms with Crippen LogP contribution in [-0.2, 0) is 0 Å².